The van der Waals surface area contributed by atoms with Crippen LogP contribution in [0, 0.1) is 0 Å². The predicted molar refractivity (Wildman–Crippen MR) is 248 cm³/mol. The van der Waals surface area contributed by atoms with Gasteiger partial charge in [0, 0.05) is 32.7 Å². The Balaban J connectivity index is 1.06. The van der Waals surface area contributed by atoms with E-state index in [0.717, 1.165) is 49.7 Å². The lowest BCUT2D eigenvalue weighted by Crippen LogP contribution is -1.99. The van der Waals surface area contributed by atoms with Gasteiger partial charge < -0.3 is 4.57 Å². The maximum absolute atomic E-state index is 5.49. The van der Waals surface area contributed by atoms with Crippen LogP contribution in [0.4, 0.5) is 0 Å². The normalized spacial score (nSPS) is 11.7. The number of aromatic nitrogens is 3. The molecule has 2 heterocycles. The van der Waals surface area contributed by atoms with Gasteiger partial charge in [-0.2, -0.15) is 0 Å². The molecule has 3 heteroatoms. The summed E-state index contributed by atoms with van der Waals surface area (Å²) in [4.78, 5) is 10.8. The predicted octanol–water partition coefficient (Wildman–Crippen LogP) is 14.9. The van der Waals surface area contributed by atoms with Gasteiger partial charge in [0.25, 0.3) is 0 Å². The lowest BCUT2D eigenvalue weighted by Gasteiger charge is -2.16. The molecule has 59 heavy (non-hydrogen) atoms. The van der Waals surface area contributed by atoms with Gasteiger partial charge >= 0.3 is 0 Å². The fourth-order valence-electron chi connectivity index (χ4n) is 9.06. The van der Waals surface area contributed by atoms with Gasteiger partial charge in [-0.25, -0.2) is 9.97 Å². The molecular weight excluding hydrogens is 715 g/mol. The van der Waals surface area contributed by atoms with Crippen molar-refractivity contribution in [1.82, 2.24) is 14.5 Å². The van der Waals surface area contributed by atoms with Gasteiger partial charge in [0.1, 0.15) is 0 Å². The highest BCUT2D eigenvalue weighted by molar-refractivity contribution is 6.15. The number of rotatable bonds is 5. The summed E-state index contributed by atoms with van der Waals surface area (Å²) in [5, 5.41) is 10.7. The minimum Gasteiger partial charge on any atom is -0.309 e. The Morgan fingerprint density at radius 3 is 1.71 bits per heavy atom. The molecule has 12 aromatic rings. The second kappa shape index (κ2) is 13.4. The van der Waals surface area contributed by atoms with Crippen LogP contribution in [0.1, 0.15) is 0 Å². The first kappa shape index (κ1) is 33.3. The van der Waals surface area contributed by atoms with E-state index in [-0.39, 0.29) is 0 Å². The van der Waals surface area contributed by atoms with Crippen molar-refractivity contribution in [1.29, 1.82) is 0 Å². The standard InChI is InChI=1S/C56H35N3/c1-2-12-36(13-3-1)38-22-25-39(26-23-38)55-50-34-44(43-27-24-37-14-4-5-15-40(37)32-43)28-30-51(50)57-56(58-55)48-29-31-53(46-19-9-8-18-45(46)48)59-52-21-11-10-20-47(52)49-33-41-16-6-7-17-42(41)35-54(49)59/h1-35H. The molecule has 0 saturated heterocycles. The number of hydrogen-bond acceptors (Lipinski definition) is 2. The van der Waals surface area contributed by atoms with Crippen molar-refractivity contribution in [2.24, 2.45) is 0 Å². The Morgan fingerprint density at radius 1 is 0.305 bits per heavy atom. The lowest BCUT2D eigenvalue weighted by atomic mass is 9.96. The van der Waals surface area contributed by atoms with Crippen LogP contribution in [0.5, 0.6) is 0 Å². The summed E-state index contributed by atoms with van der Waals surface area (Å²) in [6.45, 7) is 0. The van der Waals surface area contributed by atoms with Crippen molar-refractivity contribution < 1.29 is 0 Å². The van der Waals surface area contributed by atoms with Crippen LogP contribution < -0.4 is 0 Å². The first-order chi connectivity index (χ1) is 29.2. The Bertz CT molecular complexity index is 3600. The fourth-order valence-corrected chi connectivity index (χ4v) is 9.06. The van der Waals surface area contributed by atoms with Crippen LogP contribution >= 0.6 is 0 Å². The van der Waals surface area contributed by atoms with Gasteiger partial charge in [0.15, 0.2) is 5.82 Å². The number of nitrogens with zero attached hydrogens (tertiary/aromatic N) is 3. The second-order valence-electron chi connectivity index (χ2n) is 15.4. The van der Waals surface area contributed by atoms with Crippen LogP contribution in [0.3, 0.4) is 0 Å². The minimum absolute atomic E-state index is 0.703. The molecule has 0 atom stereocenters. The third kappa shape index (κ3) is 5.51. The average Bonchev–Trinajstić information content (AvgIpc) is 3.62. The summed E-state index contributed by atoms with van der Waals surface area (Å²) in [7, 11) is 0. The van der Waals surface area contributed by atoms with Crippen molar-refractivity contribution in [3.8, 4) is 50.6 Å². The third-order valence-corrected chi connectivity index (χ3v) is 12.0. The maximum atomic E-state index is 5.49. The zero-order valence-electron chi connectivity index (χ0n) is 32.0. The molecule has 0 amide bonds. The summed E-state index contributed by atoms with van der Waals surface area (Å²) >= 11 is 0. The van der Waals surface area contributed by atoms with E-state index in [1.807, 2.05) is 0 Å². The van der Waals surface area contributed by atoms with Gasteiger partial charge in [-0.1, -0.05) is 164 Å². The summed E-state index contributed by atoms with van der Waals surface area (Å²) < 4.78 is 2.43. The summed E-state index contributed by atoms with van der Waals surface area (Å²) in [6, 6.07) is 76.3. The molecule has 0 unspecified atom stereocenters. The average molecular weight is 750 g/mol. The molecule has 0 radical (unpaired) electrons. The second-order valence-corrected chi connectivity index (χ2v) is 15.4. The smallest absolute Gasteiger partial charge is 0.161 e. The quantitative estimate of drug-likeness (QED) is 0.175. The Hall–Kier alpha value is -7.88. The Morgan fingerprint density at radius 2 is 0.898 bits per heavy atom. The van der Waals surface area contributed by atoms with Crippen LogP contribution in [-0.4, -0.2) is 14.5 Å². The topological polar surface area (TPSA) is 30.7 Å². The van der Waals surface area contributed by atoms with Gasteiger partial charge in [0.05, 0.1) is 27.9 Å². The van der Waals surface area contributed by atoms with Crippen molar-refractivity contribution in [2.75, 3.05) is 0 Å². The van der Waals surface area contributed by atoms with E-state index in [9.17, 15) is 0 Å². The monoisotopic (exact) mass is 749 g/mol. The highest BCUT2D eigenvalue weighted by Gasteiger charge is 2.19. The summed E-state index contributed by atoms with van der Waals surface area (Å²) in [5.74, 6) is 0.703. The highest BCUT2D eigenvalue weighted by Crippen LogP contribution is 2.40. The van der Waals surface area contributed by atoms with E-state index in [2.05, 4.69) is 217 Å². The zero-order chi connectivity index (χ0) is 38.9. The van der Waals surface area contributed by atoms with E-state index in [1.54, 1.807) is 0 Å². The number of fused-ring (bicyclic) bond motifs is 7. The first-order valence-electron chi connectivity index (χ1n) is 20.1. The molecule has 274 valence electrons. The SMILES string of the molecule is c1ccc(-c2ccc(-c3nc(-c4ccc(-n5c6ccccc6c6cc7ccccc7cc65)c5ccccc45)nc4ccc(-c5ccc6ccccc6c5)cc34)cc2)cc1. The van der Waals surface area contributed by atoms with Crippen LogP contribution in [0.15, 0.2) is 212 Å². The molecule has 0 aliphatic rings. The number of hydrogen-bond donors (Lipinski definition) is 0. The Kier molecular flexibility index (Phi) is 7.54. The number of benzene rings is 10. The van der Waals surface area contributed by atoms with Crippen molar-refractivity contribution in [3.63, 3.8) is 0 Å². The van der Waals surface area contributed by atoms with Crippen LogP contribution in [-0.2, 0) is 0 Å². The van der Waals surface area contributed by atoms with E-state index >= 15 is 0 Å². The van der Waals surface area contributed by atoms with E-state index in [1.165, 1.54) is 60.0 Å². The van der Waals surface area contributed by atoms with Crippen LogP contribution in [0.25, 0.3) is 116 Å². The van der Waals surface area contributed by atoms with Crippen molar-refractivity contribution >= 4 is 65.0 Å². The van der Waals surface area contributed by atoms with Crippen molar-refractivity contribution in [3.05, 3.63) is 212 Å². The van der Waals surface area contributed by atoms with E-state index in [0.29, 0.717) is 5.82 Å². The molecular formula is C56H35N3. The van der Waals surface area contributed by atoms with Gasteiger partial charge in [-0.3, -0.25) is 0 Å². The summed E-state index contributed by atoms with van der Waals surface area (Å²) in [5.41, 5.74) is 12.0. The van der Waals surface area contributed by atoms with E-state index < -0.39 is 0 Å². The Labute approximate surface area is 341 Å². The highest BCUT2D eigenvalue weighted by atomic mass is 15.0. The van der Waals surface area contributed by atoms with Gasteiger partial charge in [0.2, 0.25) is 0 Å². The maximum Gasteiger partial charge on any atom is 0.161 e. The zero-order valence-corrected chi connectivity index (χ0v) is 32.0. The van der Waals surface area contributed by atoms with Crippen molar-refractivity contribution in [2.45, 2.75) is 0 Å². The number of para-hydroxylation sites is 1. The molecule has 0 bridgehead atoms. The van der Waals surface area contributed by atoms with Gasteiger partial charge in [-0.05, 0) is 97.7 Å². The summed E-state index contributed by atoms with van der Waals surface area (Å²) in [6.07, 6.45) is 0. The lowest BCUT2D eigenvalue weighted by molar-refractivity contribution is 1.19. The molecule has 0 N–H and O–H groups in total. The first-order valence-corrected chi connectivity index (χ1v) is 20.1. The molecule has 0 saturated carbocycles. The molecule has 3 nitrogen and oxygen atoms in total. The fraction of sp³-hybridized carbons (Fsp3) is 0. The molecule has 0 fully saturated rings. The van der Waals surface area contributed by atoms with E-state index in [4.69, 9.17) is 9.97 Å². The molecule has 0 spiro atoms. The molecule has 12 rings (SSSR count). The molecule has 0 aliphatic carbocycles. The molecule has 2 aromatic heterocycles. The minimum atomic E-state index is 0.703. The molecule has 10 aromatic carbocycles. The molecule has 0 aliphatic heterocycles. The third-order valence-electron chi connectivity index (χ3n) is 12.0. The largest absolute Gasteiger partial charge is 0.309 e. The van der Waals surface area contributed by atoms with Gasteiger partial charge in [-0.15, -0.1) is 0 Å². The van der Waals surface area contributed by atoms with Crippen LogP contribution in [0.2, 0.25) is 0 Å².